The first-order valence-corrected chi connectivity index (χ1v) is 10.5. The van der Waals surface area contributed by atoms with Gasteiger partial charge in [0.2, 0.25) is 5.82 Å². The van der Waals surface area contributed by atoms with Crippen molar-refractivity contribution in [2.75, 3.05) is 0 Å². The van der Waals surface area contributed by atoms with Gasteiger partial charge in [0.05, 0.1) is 18.3 Å². The third kappa shape index (κ3) is 4.36. The van der Waals surface area contributed by atoms with Gasteiger partial charge in [0.25, 0.3) is 0 Å². The molecule has 31 heavy (non-hydrogen) atoms. The van der Waals surface area contributed by atoms with Crippen LogP contribution >= 0.6 is 11.6 Å². The van der Waals surface area contributed by atoms with E-state index < -0.39 is 0 Å². The molecule has 160 valence electrons. The molecule has 1 atom stereocenters. The summed E-state index contributed by atoms with van der Waals surface area (Å²) >= 11 is 6.27. The Morgan fingerprint density at radius 3 is 2.52 bits per heavy atom. The predicted molar refractivity (Wildman–Crippen MR) is 119 cm³/mol. The van der Waals surface area contributed by atoms with Gasteiger partial charge in [-0.15, -0.1) is 10.2 Å². The molecule has 0 bridgehead atoms. The van der Waals surface area contributed by atoms with Crippen molar-refractivity contribution < 1.29 is 5.11 Å². The number of tetrazole rings is 1. The molecule has 2 heterocycles. The number of nitrogens with zero attached hydrogens (tertiary/aromatic N) is 5. The van der Waals surface area contributed by atoms with Gasteiger partial charge in [-0.2, -0.15) is 5.21 Å². The summed E-state index contributed by atoms with van der Waals surface area (Å²) in [5.74, 6) is 1.25. The fraction of sp³-hybridized carbons (Fsp3) is 0.273. The summed E-state index contributed by atoms with van der Waals surface area (Å²) in [5, 5.41) is 24.5. The van der Waals surface area contributed by atoms with Crippen LogP contribution in [0.15, 0.2) is 48.5 Å². The summed E-state index contributed by atoms with van der Waals surface area (Å²) in [6.45, 7) is 2.41. The second kappa shape index (κ2) is 9.38. The van der Waals surface area contributed by atoms with Crippen LogP contribution in [0.2, 0.25) is 5.15 Å². The lowest BCUT2D eigenvalue weighted by atomic mass is 9.98. The van der Waals surface area contributed by atoms with Gasteiger partial charge in [-0.25, -0.2) is 4.98 Å². The number of nitrogens with one attached hydrogen (secondary N) is 1. The largest absolute Gasteiger partial charge is 0.390 e. The molecular weight excluding hydrogens is 414 g/mol. The number of H-pyrrole nitrogens is 1. The highest BCUT2D eigenvalue weighted by Crippen LogP contribution is 2.30. The van der Waals surface area contributed by atoms with E-state index in [1.54, 1.807) is 0 Å². The number of imidazole rings is 1. The number of benzene rings is 2. The maximum atomic E-state index is 9.81. The highest BCUT2D eigenvalue weighted by Gasteiger charge is 2.20. The third-order valence-corrected chi connectivity index (χ3v) is 5.56. The summed E-state index contributed by atoms with van der Waals surface area (Å²) < 4.78 is 1.92. The van der Waals surface area contributed by atoms with Crippen molar-refractivity contribution in [3.63, 3.8) is 0 Å². The van der Waals surface area contributed by atoms with Gasteiger partial charge in [-0.3, -0.25) is 0 Å². The molecule has 0 aliphatic rings. The van der Waals surface area contributed by atoms with E-state index in [4.69, 9.17) is 17.3 Å². The van der Waals surface area contributed by atoms with E-state index >= 15 is 0 Å². The van der Waals surface area contributed by atoms with Crippen LogP contribution in [0, 0.1) is 0 Å². The van der Waals surface area contributed by atoms with Crippen LogP contribution in [0.4, 0.5) is 0 Å². The molecule has 0 spiro atoms. The minimum absolute atomic E-state index is 0.194. The van der Waals surface area contributed by atoms with Crippen molar-refractivity contribution in [3.8, 4) is 22.5 Å². The average molecular weight is 438 g/mol. The van der Waals surface area contributed by atoms with Crippen molar-refractivity contribution in [2.45, 2.75) is 39.0 Å². The minimum atomic E-state index is -0.232. The number of nitrogens with two attached hydrogens (primary N) is 1. The molecule has 0 fully saturated rings. The highest BCUT2D eigenvalue weighted by molar-refractivity contribution is 6.30. The van der Waals surface area contributed by atoms with Crippen LogP contribution in [-0.4, -0.2) is 35.3 Å². The van der Waals surface area contributed by atoms with E-state index in [0.29, 0.717) is 29.0 Å². The highest BCUT2D eigenvalue weighted by atomic mass is 35.5. The van der Waals surface area contributed by atoms with E-state index in [-0.39, 0.29) is 12.6 Å². The predicted octanol–water partition coefficient (Wildman–Crippen LogP) is 3.72. The van der Waals surface area contributed by atoms with Gasteiger partial charge in [-0.05, 0) is 28.3 Å². The molecule has 0 saturated carbocycles. The topological polar surface area (TPSA) is 119 Å². The summed E-state index contributed by atoms with van der Waals surface area (Å²) in [6.07, 6.45) is 1.73. The minimum Gasteiger partial charge on any atom is -0.390 e. The number of halogens is 1. The van der Waals surface area contributed by atoms with Crippen molar-refractivity contribution in [1.82, 2.24) is 30.2 Å². The lowest BCUT2D eigenvalue weighted by molar-refractivity contribution is 0.270. The number of hydrogen-bond donors (Lipinski definition) is 3. The third-order valence-electron chi connectivity index (χ3n) is 5.25. The number of hydrogen-bond acceptors (Lipinski definition) is 6. The quantitative estimate of drug-likeness (QED) is 0.386. The molecule has 0 aliphatic heterocycles. The Morgan fingerprint density at radius 1 is 1.13 bits per heavy atom. The van der Waals surface area contributed by atoms with Crippen LogP contribution < -0.4 is 5.73 Å². The standard InChI is InChI=1S/C22H24ClN7O/c1-2-5-18(24)22-25-20(23)19(13-31)30(22)12-14-8-10-15(11-9-14)16-6-3-4-7-17(16)21-26-28-29-27-21/h3-4,6-11,18,31H,2,5,12-13,24H2,1H3,(H,26,27,28,29). The molecule has 8 nitrogen and oxygen atoms in total. The molecule has 2 aromatic heterocycles. The van der Waals surface area contributed by atoms with Crippen LogP contribution in [0.25, 0.3) is 22.5 Å². The van der Waals surface area contributed by atoms with Crippen molar-refractivity contribution >= 4 is 11.6 Å². The Kier molecular flexibility index (Phi) is 6.41. The van der Waals surface area contributed by atoms with Gasteiger partial charge < -0.3 is 15.4 Å². The first-order chi connectivity index (χ1) is 15.1. The summed E-state index contributed by atoms with van der Waals surface area (Å²) in [5.41, 5.74) is 10.9. The number of rotatable bonds is 8. The van der Waals surface area contributed by atoms with E-state index in [9.17, 15) is 5.11 Å². The molecule has 4 N–H and O–H groups in total. The number of aromatic amines is 1. The van der Waals surface area contributed by atoms with Gasteiger partial charge in [0, 0.05) is 12.1 Å². The Bertz CT molecular complexity index is 1140. The van der Waals surface area contributed by atoms with Crippen LogP contribution in [-0.2, 0) is 13.2 Å². The zero-order valence-corrected chi connectivity index (χ0v) is 17.9. The van der Waals surface area contributed by atoms with E-state index in [2.05, 4.69) is 44.7 Å². The van der Waals surface area contributed by atoms with Gasteiger partial charge in [0.15, 0.2) is 5.15 Å². The normalized spacial score (nSPS) is 12.3. The maximum Gasteiger partial charge on any atom is 0.205 e. The Hall–Kier alpha value is -3.07. The molecule has 0 amide bonds. The lowest BCUT2D eigenvalue weighted by Gasteiger charge is -2.16. The second-order valence-corrected chi connectivity index (χ2v) is 7.68. The number of aliphatic hydroxyl groups is 1. The summed E-state index contributed by atoms with van der Waals surface area (Å²) in [6, 6.07) is 15.9. The molecular formula is C22H24ClN7O. The SMILES string of the molecule is CCCC(N)c1nc(Cl)c(CO)n1Cc1ccc(-c2ccccc2-c2nn[nH]n2)cc1. The Morgan fingerprint density at radius 2 is 1.87 bits per heavy atom. The maximum absolute atomic E-state index is 9.81. The molecule has 9 heteroatoms. The van der Waals surface area contributed by atoms with Crippen molar-refractivity contribution in [1.29, 1.82) is 0 Å². The van der Waals surface area contributed by atoms with Crippen molar-refractivity contribution in [2.24, 2.45) is 5.73 Å². The van der Waals surface area contributed by atoms with Gasteiger partial charge in [0.1, 0.15) is 5.82 Å². The average Bonchev–Trinajstić information content (AvgIpc) is 3.43. The fourth-order valence-electron chi connectivity index (χ4n) is 3.70. The first kappa shape index (κ1) is 21.2. The summed E-state index contributed by atoms with van der Waals surface area (Å²) in [7, 11) is 0. The molecule has 4 aromatic rings. The van der Waals surface area contributed by atoms with E-state index in [0.717, 1.165) is 35.1 Å². The zero-order valence-electron chi connectivity index (χ0n) is 17.2. The van der Waals surface area contributed by atoms with Crippen LogP contribution in [0.1, 0.15) is 42.9 Å². The van der Waals surface area contributed by atoms with Crippen molar-refractivity contribution in [3.05, 3.63) is 70.8 Å². The fourth-order valence-corrected chi connectivity index (χ4v) is 3.95. The number of aromatic nitrogens is 6. The van der Waals surface area contributed by atoms with Gasteiger partial charge >= 0.3 is 0 Å². The Balaban J connectivity index is 1.64. The van der Waals surface area contributed by atoms with E-state index in [1.165, 1.54) is 0 Å². The molecule has 0 saturated heterocycles. The first-order valence-electron chi connectivity index (χ1n) is 10.2. The summed E-state index contributed by atoms with van der Waals surface area (Å²) in [4.78, 5) is 4.42. The van der Waals surface area contributed by atoms with Crippen LogP contribution in [0.3, 0.4) is 0 Å². The number of aliphatic hydroxyl groups excluding tert-OH is 1. The molecule has 0 aliphatic carbocycles. The lowest BCUT2D eigenvalue weighted by Crippen LogP contribution is -2.18. The Labute approximate surface area is 185 Å². The van der Waals surface area contributed by atoms with Gasteiger partial charge in [-0.1, -0.05) is 73.5 Å². The van der Waals surface area contributed by atoms with E-state index in [1.807, 2.05) is 41.0 Å². The molecule has 1 unspecified atom stereocenters. The second-order valence-electron chi connectivity index (χ2n) is 7.32. The molecule has 4 rings (SSSR count). The smallest absolute Gasteiger partial charge is 0.205 e. The monoisotopic (exact) mass is 437 g/mol. The van der Waals surface area contributed by atoms with Crippen LogP contribution in [0.5, 0.6) is 0 Å². The zero-order chi connectivity index (χ0) is 21.8. The molecule has 0 radical (unpaired) electrons. The molecule has 2 aromatic carbocycles.